The summed E-state index contributed by atoms with van der Waals surface area (Å²) < 4.78 is 27.2. The fourth-order valence-electron chi connectivity index (χ4n) is 2.75. The van der Waals surface area contributed by atoms with E-state index in [0.29, 0.717) is 11.5 Å². The van der Waals surface area contributed by atoms with Gasteiger partial charge in [0.2, 0.25) is 0 Å². The number of halogens is 2. The standard InChI is InChI=1S/C15H21F2N/c1-10-8-14(17)15(9-13(10)16)18-11(2)12-6-4-3-5-7-12/h8-9,11-12,18H,3-7H2,1-2H3. The number of benzene rings is 1. The smallest absolute Gasteiger partial charge is 0.146 e. The van der Waals surface area contributed by atoms with Crippen LogP contribution in [0.3, 0.4) is 0 Å². The van der Waals surface area contributed by atoms with Gasteiger partial charge in [0, 0.05) is 12.1 Å². The highest BCUT2D eigenvalue weighted by Gasteiger charge is 2.21. The average molecular weight is 253 g/mol. The summed E-state index contributed by atoms with van der Waals surface area (Å²) in [4.78, 5) is 0. The van der Waals surface area contributed by atoms with Gasteiger partial charge < -0.3 is 5.32 Å². The third kappa shape index (κ3) is 3.01. The Morgan fingerprint density at radius 2 is 1.78 bits per heavy atom. The largest absolute Gasteiger partial charge is 0.380 e. The minimum atomic E-state index is -0.364. The first-order chi connectivity index (χ1) is 8.58. The molecule has 1 saturated carbocycles. The lowest BCUT2D eigenvalue weighted by Crippen LogP contribution is -2.28. The molecule has 1 atom stereocenters. The molecule has 0 radical (unpaired) electrons. The van der Waals surface area contributed by atoms with Gasteiger partial charge in [-0.25, -0.2) is 8.78 Å². The first kappa shape index (κ1) is 13.3. The Balaban J connectivity index is 2.06. The Morgan fingerprint density at radius 1 is 1.11 bits per heavy atom. The zero-order chi connectivity index (χ0) is 13.1. The molecule has 3 heteroatoms. The minimum Gasteiger partial charge on any atom is -0.380 e. The van der Waals surface area contributed by atoms with Crippen molar-refractivity contribution in [3.8, 4) is 0 Å². The lowest BCUT2D eigenvalue weighted by Gasteiger charge is -2.29. The van der Waals surface area contributed by atoms with E-state index in [0.717, 1.165) is 0 Å². The van der Waals surface area contributed by atoms with Crippen LogP contribution < -0.4 is 5.32 Å². The maximum Gasteiger partial charge on any atom is 0.146 e. The normalized spacial score (nSPS) is 18.7. The van der Waals surface area contributed by atoms with Crippen LogP contribution in [0.25, 0.3) is 0 Å². The molecular weight excluding hydrogens is 232 g/mol. The molecular formula is C15H21F2N. The third-order valence-electron chi connectivity index (χ3n) is 3.99. The molecule has 1 N–H and O–H groups in total. The average Bonchev–Trinajstić information content (AvgIpc) is 2.37. The molecule has 1 aliphatic rings. The van der Waals surface area contributed by atoms with Crippen molar-refractivity contribution in [3.05, 3.63) is 29.3 Å². The molecule has 0 bridgehead atoms. The number of rotatable bonds is 3. The van der Waals surface area contributed by atoms with Crippen molar-refractivity contribution in [1.29, 1.82) is 0 Å². The highest BCUT2D eigenvalue weighted by atomic mass is 19.1. The molecule has 1 fully saturated rings. The molecule has 2 rings (SSSR count). The Kier molecular flexibility index (Phi) is 4.20. The summed E-state index contributed by atoms with van der Waals surface area (Å²) in [6.07, 6.45) is 6.17. The van der Waals surface area contributed by atoms with Gasteiger partial charge in [0.1, 0.15) is 11.6 Å². The quantitative estimate of drug-likeness (QED) is 0.826. The second-order valence-corrected chi connectivity index (χ2v) is 5.41. The van der Waals surface area contributed by atoms with Crippen molar-refractivity contribution >= 4 is 5.69 Å². The van der Waals surface area contributed by atoms with Crippen LogP contribution in [-0.2, 0) is 0 Å². The van der Waals surface area contributed by atoms with Crippen LogP contribution in [0.4, 0.5) is 14.5 Å². The second kappa shape index (κ2) is 5.68. The molecule has 1 aliphatic carbocycles. The minimum absolute atomic E-state index is 0.196. The van der Waals surface area contributed by atoms with Gasteiger partial charge in [-0.1, -0.05) is 19.3 Å². The van der Waals surface area contributed by atoms with E-state index < -0.39 is 0 Å². The summed E-state index contributed by atoms with van der Waals surface area (Å²) in [5.41, 5.74) is 0.638. The lowest BCUT2D eigenvalue weighted by molar-refractivity contribution is 0.328. The first-order valence-electron chi connectivity index (χ1n) is 6.80. The van der Waals surface area contributed by atoms with E-state index in [4.69, 9.17) is 0 Å². The number of anilines is 1. The SMILES string of the molecule is Cc1cc(F)c(NC(C)C2CCCCC2)cc1F. The second-order valence-electron chi connectivity index (χ2n) is 5.41. The summed E-state index contributed by atoms with van der Waals surface area (Å²) in [6.45, 7) is 3.64. The number of nitrogens with one attached hydrogen (secondary N) is 1. The lowest BCUT2D eigenvalue weighted by atomic mass is 9.84. The molecule has 1 unspecified atom stereocenters. The third-order valence-corrected chi connectivity index (χ3v) is 3.99. The maximum atomic E-state index is 13.7. The van der Waals surface area contributed by atoms with Gasteiger partial charge in [-0.3, -0.25) is 0 Å². The van der Waals surface area contributed by atoms with Crippen LogP contribution in [0, 0.1) is 24.5 Å². The predicted octanol–water partition coefficient (Wildman–Crippen LogP) is 4.65. The molecule has 1 aromatic rings. The van der Waals surface area contributed by atoms with E-state index in [1.54, 1.807) is 6.92 Å². The van der Waals surface area contributed by atoms with E-state index in [1.807, 2.05) is 0 Å². The van der Waals surface area contributed by atoms with Crippen LogP contribution in [-0.4, -0.2) is 6.04 Å². The van der Waals surface area contributed by atoms with E-state index in [2.05, 4.69) is 12.2 Å². The zero-order valence-electron chi connectivity index (χ0n) is 11.1. The molecule has 0 aliphatic heterocycles. The molecule has 18 heavy (non-hydrogen) atoms. The predicted molar refractivity (Wildman–Crippen MR) is 70.8 cm³/mol. The fourth-order valence-corrected chi connectivity index (χ4v) is 2.75. The van der Waals surface area contributed by atoms with Crippen LogP contribution in [0.5, 0.6) is 0 Å². The van der Waals surface area contributed by atoms with Crippen LogP contribution in [0.15, 0.2) is 12.1 Å². The molecule has 0 amide bonds. The summed E-state index contributed by atoms with van der Waals surface area (Å²) in [7, 11) is 0. The summed E-state index contributed by atoms with van der Waals surface area (Å²) in [6, 6.07) is 2.72. The first-order valence-corrected chi connectivity index (χ1v) is 6.80. The van der Waals surface area contributed by atoms with E-state index >= 15 is 0 Å². The summed E-state index contributed by atoms with van der Waals surface area (Å²) in [5.74, 6) is -0.145. The molecule has 0 saturated heterocycles. The van der Waals surface area contributed by atoms with E-state index in [9.17, 15) is 8.78 Å². The molecule has 0 heterocycles. The van der Waals surface area contributed by atoms with E-state index in [1.165, 1.54) is 44.2 Å². The van der Waals surface area contributed by atoms with Gasteiger partial charge in [0.25, 0.3) is 0 Å². The Morgan fingerprint density at radius 3 is 2.44 bits per heavy atom. The van der Waals surface area contributed by atoms with Gasteiger partial charge in [-0.15, -0.1) is 0 Å². The Bertz CT molecular complexity index is 411. The highest BCUT2D eigenvalue weighted by molar-refractivity contribution is 5.47. The van der Waals surface area contributed by atoms with Crippen molar-refractivity contribution in [1.82, 2.24) is 0 Å². The van der Waals surface area contributed by atoms with Gasteiger partial charge in [-0.05, 0) is 44.2 Å². The molecule has 100 valence electrons. The highest BCUT2D eigenvalue weighted by Crippen LogP contribution is 2.29. The van der Waals surface area contributed by atoms with Crippen LogP contribution in [0.2, 0.25) is 0 Å². The molecule has 1 aromatic carbocycles. The maximum absolute atomic E-state index is 13.7. The van der Waals surface area contributed by atoms with Crippen molar-refractivity contribution in [2.45, 2.75) is 52.0 Å². The molecule has 0 spiro atoms. The van der Waals surface area contributed by atoms with Crippen LogP contribution >= 0.6 is 0 Å². The molecule has 0 aromatic heterocycles. The zero-order valence-corrected chi connectivity index (χ0v) is 11.1. The van der Waals surface area contributed by atoms with Crippen LogP contribution in [0.1, 0.15) is 44.6 Å². The Labute approximate surface area is 108 Å². The van der Waals surface area contributed by atoms with Crippen molar-refractivity contribution < 1.29 is 8.78 Å². The van der Waals surface area contributed by atoms with Gasteiger partial charge >= 0.3 is 0 Å². The van der Waals surface area contributed by atoms with Crippen molar-refractivity contribution in [2.24, 2.45) is 5.92 Å². The summed E-state index contributed by atoms with van der Waals surface area (Å²) >= 11 is 0. The van der Waals surface area contributed by atoms with Gasteiger partial charge in [0.05, 0.1) is 5.69 Å². The number of hydrogen-bond acceptors (Lipinski definition) is 1. The Hall–Kier alpha value is -1.12. The monoisotopic (exact) mass is 253 g/mol. The van der Waals surface area contributed by atoms with Crippen molar-refractivity contribution in [3.63, 3.8) is 0 Å². The fraction of sp³-hybridized carbons (Fsp3) is 0.600. The van der Waals surface area contributed by atoms with Gasteiger partial charge in [-0.2, -0.15) is 0 Å². The topological polar surface area (TPSA) is 12.0 Å². The number of hydrogen-bond donors (Lipinski definition) is 1. The summed E-state index contributed by atoms with van der Waals surface area (Å²) in [5, 5.41) is 3.13. The molecule has 1 nitrogen and oxygen atoms in total. The number of aryl methyl sites for hydroxylation is 1. The van der Waals surface area contributed by atoms with Gasteiger partial charge in [0.15, 0.2) is 0 Å². The van der Waals surface area contributed by atoms with E-state index in [-0.39, 0.29) is 23.4 Å². The van der Waals surface area contributed by atoms with Crippen molar-refractivity contribution in [2.75, 3.05) is 5.32 Å².